The minimum absolute atomic E-state index is 0.0398. The Kier molecular flexibility index (Phi) is 6.15. The molecule has 0 saturated carbocycles. The van der Waals surface area contributed by atoms with Crippen LogP contribution in [-0.4, -0.2) is 27.0 Å². The van der Waals surface area contributed by atoms with Gasteiger partial charge in [-0.25, -0.2) is 30.7 Å². The summed E-state index contributed by atoms with van der Waals surface area (Å²) >= 11 is 0. The zero-order valence-electron chi connectivity index (χ0n) is 14.9. The Labute approximate surface area is 155 Å². The van der Waals surface area contributed by atoms with E-state index in [0.29, 0.717) is 10.4 Å². The number of hydrogen-bond acceptors (Lipinski definition) is 4. The Hall–Kier alpha value is -2.55. The quantitative estimate of drug-likeness (QED) is 0.549. The fraction of sp³-hybridized carbons (Fsp3) is 0.278. The minimum Gasteiger partial charge on any atom is -0.464 e. The molecule has 1 atom stereocenters. The van der Waals surface area contributed by atoms with Crippen molar-refractivity contribution in [3.63, 3.8) is 0 Å². The normalized spacial score (nSPS) is 12.5. The number of nitrogens with zero attached hydrogens (tertiary/aromatic N) is 1. The molecule has 5 nitrogen and oxygen atoms in total. The van der Waals surface area contributed by atoms with E-state index in [2.05, 4.69) is 0 Å². The molecule has 2 rings (SSSR count). The molecule has 0 amide bonds. The Bertz CT molecular complexity index is 946. The summed E-state index contributed by atoms with van der Waals surface area (Å²) in [5.41, 5.74) is -0.0204. The first-order valence-corrected chi connectivity index (χ1v) is 9.46. The van der Waals surface area contributed by atoms with Crippen LogP contribution < -0.4 is 4.31 Å². The maximum atomic E-state index is 14.4. The Morgan fingerprint density at radius 2 is 1.67 bits per heavy atom. The molecule has 27 heavy (non-hydrogen) atoms. The predicted molar refractivity (Wildman–Crippen MR) is 93.3 cm³/mol. The van der Waals surface area contributed by atoms with Gasteiger partial charge in [0.1, 0.15) is 6.04 Å². The highest BCUT2D eigenvalue weighted by Gasteiger charge is 2.37. The molecule has 0 bridgehead atoms. The Morgan fingerprint density at radius 1 is 1.07 bits per heavy atom. The average molecular weight is 401 g/mol. The van der Waals surface area contributed by atoms with Crippen molar-refractivity contribution in [1.29, 1.82) is 0 Å². The second kappa shape index (κ2) is 7.99. The topological polar surface area (TPSA) is 63.7 Å². The number of rotatable bonds is 6. The van der Waals surface area contributed by atoms with Crippen LogP contribution in [0.15, 0.2) is 41.3 Å². The monoisotopic (exact) mass is 401 g/mol. The largest absolute Gasteiger partial charge is 0.464 e. The molecule has 0 fully saturated rings. The molecule has 9 heteroatoms. The molecule has 0 heterocycles. The number of hydrogen-bond donors (Lipinski definition) is 0. The molecule has 2 aromatic rings. The third kappa shape index (κ3) is 4.08. The number of sulfonamides is 1. The van der Waals surface area contributed by atoms with Crippen LogP contribution in [0, 0.1) is 24.4 Å². The fourth-order valence-electron chi connectivity index (χ4n) is 2.41. The summed E-state index contributed by atoms with van der Waals surface area (Å²) in [4.78, 5) is 11.9. The van der Waals surface area contributed by atoms with Crippen LogP contribution in [0.2, 0.25) is 0 Å². The van der Waals surface area contributed by atoms with Gasteiger partial charge in [-0.15, -0.1) is 0 Å². The number of ether oxygens (including phenoxy) is 1. The number of carbonyl (C=O) groups excluding carboxylic acids is 1. The number of anilines is 1. The van der Waals surface area contributed by atoms with E-state index in [1.54, 1.807) is 6.92 Å². The van der Waals surface area contributed by atoms with Gasteiger partial charge in [0.05, 0.1) is 17.2 Å². The molecule has 0 radical (unpaired) electrons. The minimum atomic E-state index is -4.48. The van der Waals surface area contributed by atoms with Gasteiger partial charge in [0.15, 0.2) is 17.5 Å². The number of carbonyl (C=O) groups is 1. The SMILES string of the molecule is CCOC(=O)[C@@H](C)N(c1ccc(F)c(F)c1F)S(=O)(=O)c1ccc(C)cc1. The highest BCUT2D eigenvalue weighted by molar-refractivity contribution is 7.92. The number of esters is 1. The standard InChI is InChI=1S/C18H18F3NO4S/c1-4-26-18(23)12(3)22(15-10-9-14(19)16(20)17(15)21)27(24,25)13-7-5-11(2)6-8-13/h5-10,12H,4H2,1-3H3/t12-/m1/s1. The first-order valence-electron chi connectivity index (χ1n) is 8.02. The van der Waals surface area contributed by atoms with E-state index in [-0.39, 0.29) is 11.5 Å². The Balaban J connectivity index is 2.69. The molecular formula is C18H18F3NO4S. The highest BCUT2D eigenvalue weighted by Crippen LogP contribution is 2.31. The third-order valence-electron chi connectivity index (χ3n) is 3.81. The molecule has 2 aromatic carbocycles. The van der Waals surface area contributed by atoms with Gasteiger partial charge >= 0.3 is 5.97 Å². The van der Waals surface area contributed by atoms with Crippen LogP contribution in [0.5, 0.6) is 0 Å². The lowest BCUT2D eigenvalue weighted by Crippen LogP contribution is -2.45. The molecular weight excluding hydrogens is 383 g/mol. The van der Waals surface area contributed by atoms with Gasteiger partial charge in [-0.2, -0.15) is 0 Å². The van der Waals surface area contributed by atoms with Crippen molar-refractivity contribution < 1.29 is 31.1 Å². The number of halogens is 3. The smallest absolute Gasteiger partial charge is 0.329 e. The maximum Gasteiger partial charge on any atom is 0.329 e. The lowest BCUT2D eigenvalue weighted by atomic mass is 10.2. The van der Waals surface area contributed by atoms with Crippen molar-refractivity contribution in [2.75, 3.05) is 10.9 Å². The second-order valence-corrected chi connectivity index (χ2v) is 7.55. The summed E-state index contributed by atoms with van der Waals surface area (Å²) in [6.45, 7) is 4.39. The van der Waals surface area contributed by atoms with Gasteiger partial charge < -0.3 is 4.74 Å². The lowest BCUT2D eigenvalue weighted by molar-refractivity contribution is -0.144. The summed E-state index contributed by atoms with van der Waals surface area (Å²) < 4.78 is 72.7. The zero-order valence-corrected chi connectivity index (χ0v) is 15.7. The molecule has 146 valence electrons. The van der Waals surface area contributed by atoms with Crippen molar-refractivity contribution in [3.8, 4) is 0 Å². The summed E-state index contributed by atoms with van der Waals surface area (Å²) in [5, 5.41) is 0. The molecule has 0 unspecified atom stereocenters. The highest BCUT2D eigenvalue weighted by atomic mass is 32.2. The molecule has 0 spiro atoms. The van der Waals surface area contributed by atoms with E-state index in [1.165, 1.54) is 38.1 Å². The van der Waals surface area contributed by atoms with E-state index in [1.807, 2.05) is 0 Å². The van der Waals surface area contributed by atoms with Crippen molar-refractivity contribution in [3.05, 3.63) is 59.4 Å². The van der Waals surface area contributed by atoms with Gasteiger partial charge in [-0.05, 0) is 45.0 Å². The van der Waals surface area contributed by atoms with Gasteiger partial charge in [0.25, 0.3) is 10.0 Å². The summed E-state index contributed by atoms with van der Waals surface area (Å²) in [6, 6.07) is 5.40. The van der Waals surface area contributed by atoms with Crippen LogP contribution in [0.3, 0.4) is 0 Å². The van der Waals surface area contributed by atoms with Crippen LogP contribution in [-0.2, 0) is 19.6 Å². The van der Waals surface area contributed by atoms with Crippen molar-refractivity contribution in [2.45, 2.75) is 31.7 Å². The molecule has 0 saturated heterocycles. The van der Waals surface area contributed by atoms with Crippen LogP contribution >= 0.6 is 0 Å². The third-order valence-corrected chi connectivity index (χ3v) is 5.71. The van der Waals surface area contributed by atoms with Crippen LogP contribution in [0.1, 0.15) is 19.4 Å². The molecule has 0 N–H and O–H groups in total. The van der Waals surface area contributed by atoms with E-state index >= 15 is 0 Å². The summed E-state index contributed by atoms with van der Waals surface area (Å²) in [6.07, 6.45) is 0. The lowest BCUT2D eigenvalue weighted by Gasteiger charge is -2.29. The second-order valence-electron chi connectivity index (χ2n) is 5.74. The van der Waals surface area contributed by atoms with Gasteiger partial charge in [-0.1, -0.05) is 17.7 Å². The fourth-order valence-corrected chi connectivity index (χ4v) is 4.02. The predicted octanol–water partition coefficient (Wildman–Crippen LogP) is 3.56. The van der Waals surface area contributed by atoms with E-state index < -0.39 is 45.2 Å². The first-order chi connectivity index (χ1) is 12.6. The zero-order chi connectivity index (χ0) is 20.4. The number of aryl methyl sites for hydroxylation is 1. The van der Waals surface area contributed by atoms with Crippen molar-refractivity contribution >= 4 is 21.7 Å². The average Bonchev–Trinajstić information content (AvgIpc) is 2.62. The molecule has 0 aliphatic rings. The molecule has 0 aliphatic heterocycles. The summed E-state index contributed by atoms with van der Waals surface area (Å²) in [5.74, 6) is -6.00. The number of benzene rings is 2. The molecule has 0 aromatic heterocycles. The van der Waals surface area contributed by atoms with Gasteiger partial charge in [0.2, 0.25) is 0 Å². The van der Waals surface area contributed by atoms with E-state index in [4.69, 9.17) is 4.74 Å². The summed E-state index contributed by atoms with van der Waals surface area (Å²) in [7, 11) is -4.48. The van der Waals surface area contributed by atoms with Crippen LogP contribution in [0.25, 0.3) is 0 Å². The Morgan fingerprint density at radius 3 is 2.22 bits per heavy atom. The first kappa shape index (κ1) is 20.8. The molecule has 0 aliphatic carbocycles. The van der Waals surface area contributed by atoms with E-state index in [0.717, 1.165) is 11.6 Å². The van der Waals surface area contributed by atoms with Gasteiger partial charge in [0, 0.05) is 0 Å². The maximum absolute atomic E-state index is 14.4. The van der Waals surface area contributed by atoms with E-state index in [9.17, 15) is 26.4 Å². The van der Waals surface area contributed by atoms with Crippen molar-refractivity contribution in [1.82, 2.24) is 0 Å². The van der Waals surface area contributed by atoms with Gasteiger partial charge in [-0.3, -0.25) is 0 Å². The van der Waals surface area contributed by atoms with Crippen molar-refractivity contribution in [2.24, 2.45) is 0 Å². The van der Waals surface area contributed by atoms with Crippen LogP contribution in [0.4, 0.5) is 18.9 Å².